The van der Waals surface area contributed by atoms with Crippen molar-refractivity contribution >= 4 is 33.3 Å². The monoisotopic (exact) mass is 337 g/mol. The van der Waals surface area contributed by atoms with E-state index in [1.807, 2.05) is 0 Å². The molecule has 1 aliphatic heterocycles. The summed E-state index contributed by atoms with van der Waals surface area (Å²) < 4.78 is 41.2. The van der Waals surface area contributed by atoms with Crippen LogP contribution in [-0.4, -0.2) is 24.6 Å². The smallest absolute Gasteiger partial charge is 0.404 e. The lowest BCUT2D eigenvalue weighted by Crippen LogP contribution is -2.26. The molecule has 1 aliphatic rings. The Balaban J connectivity index is 2.40. The molecule has 1 aromatic carbocycles. The molecule has 0 bridgehead atoms. The topological polar surface area (TPSA) is 46.6 Å². The lowest BCUT2D eigenvalue weighted by molar-refractivity contribution is -0.274. The summed E-state index contributed by atoms with van der Waals surface area (Å²) in [6.45, 7) is -0.247. The minimum atomic E-state index is -4.87. The number of rotatable bonds is 2. The van der Waals surface area contributed by atoms with E-state index in [0.717, 1.165) is 11.0 Å². The lowest BCUT2D eigenvalue weighted by Gasteiger charge is -2.20. The number of nitrogens with zero attached hydrogens (tertiary/aromatic N) is 1. The normalized spacial score (nSPS) is 16.1. The number of ether oxygens (including phenoxy) is 1. The van der Waals surface area contributed by atoms with E-state index >= 15 is 0 Å². The standard InChI is InChI=1S/C11H7BrF3NO3/c12-6-1-2-9(19-11(13,14)15)8(3-6)16-5-7(17)4-10(16)18/h1-3H,4-5H2. The summed E-state index contributed by atoms with van der Waals surface area (Å²) in [5, 5.41) is 0. The van der Waals surface area contributed by atoms with Crippen molar-refractivity contribution in [2.75, 3.05) is 11.4 Å². The number of amides is 1. The van der Waals surface area contributed by atoms with E-state index in [1.165, 1.54) is 12.1 Å². The molecule has 102 valence electrons. The van der Waals surface area contributed by atoms with Crippen LogP contribution in [0, 0.1) is 0 Å². The molecule has 0 saturated carbocycles. The van der Waals surface area contributed by atoms with Gasteiger partial charge in [0.25, 0.3) is 0 Å². The van der Waals surface area contributed by atoms with Crippen molar-refractivity contribution in [1.29, 1.82) is 0 Å². The predicted molar refractivity (Wildman–Crippen MR) is 62.8 cm³/mol. The van der Waals surface area contributed by atoms with E-state index in [-0.39, 0.29) is 24.4 Å². The minimum Gasteiger partial charge on any atom is -0.404 e. The Hall–Kier alpha value is -1.57. The van der Waals surface area contributed by atoms with Gasteiger partial charge in [-0.1, -0.05) is 15.9 Å². The van der Waals surface area contributed by atoms with Gasteiger partial charge in [0.05, 0.1) is 18.7 Å². The average molecular weight is 338 g/mol. The Morgan fingerprint density at radius 1 is 1.26 bits per heavy atom. The van der Waals surface area contributed by atoms with Crippen LogP contribution in [0.3, 0.4) is 0 Å². The first-order chi connectivity index (χ1) is 8.76. The highest BCUT2D eigenvalue weighted by atomic mass is 79.9. The van der Waals surface area contributed by atoms with Gasteiger partial charge in [-0.25, -0.2) is 0 Å². The van der Waals surface area contributed by atoms with Gasteiger partial charge in [-0.05, 0) is 18.2 Å². The summed E-state index contributed by atoms with van der Waals surface area (Å²) in [6.07, 6.45) is -5.17. The highest BCUT2D eigenvalue weighted by molar-refractivity contribution is 9.10. The Morgan fingerprint density at radius 2 is 1.95 bits per heavy atom. The number of alkyl halides is 3. The third kappa shape index (κ3) is 3.25. The number of Topliss-reactive ketones (excluding diaryl/α,β-unsaturated/α-hetero) is 1. The SMILES string of the molecule is O=C1CC(=O)N(c2cc(Br)ccc2OC(F)(F)F)C1. The summed E-state index contributed by atoms with van der Waals surface area (Å²) in [7, 11) is 0. The molecular formula is C11H7BrF3NO3. The van der Waals surface area contributed by atoms with E-state index in [1.54, 1.807) is 0 Å². The van der Waals surface area contributed by atoms with Crippen LogP contribution in [0.4, 0.5) is 18.9 Å². The van der Waals surface area contributed by atoms with E-state index in [4.69, 9.17) is 0 Å². The molecular weight excluding hydrogens is 331 g/mol. The third-order valence-electron chi connectivity index (χ3n) is 2.42. The maximum atomic E-state index is 12.3. The Bertz CT molecular complexity index is 544. The van der Waals surface area contributed by atoms with Crippen LogP contribution in [0.1, 0.15) is 6.42 Å². The summed E-state index contributed by atoms with van der Waals surface area (Å²) in [5.74, 6) is -1.41. The molecule has 0 spiro atoms. The second-order valence-corrected chi connectivity index (χ2v) is 4.77. The Labute approximate surface area is 114 Å². The fraction of sp³-hybridized carbons (Fsp3) is 0.273. The van der Waals surface area contributed by atoms with Crippen molar-refractivity contribution < 1.29 is 27.5 Å². The fourth-order valence-electron chi connectivity index (χ4n) is 1.72. The summed E-state index contributed by atoms with van der Waals surface area (Å²) in [4.78, 5) is 23.7. The molecule has 19 heavy (non-hydrogen) atoms. The Kier molecular flexibility index (Phi) is 3.53. The molecule has 0 N–H and O–H groups in total. The molecule has 1 fully saturated rings. The molecule has 8 heteroatoms. The first-order valence-electron chi connectivity index (χ1n) is 5.13. The number of carbonyl (C=O) groups is 2. The molecule has 0 atom stereocenters. The van der Waals surface area contributed by atoms with Gasteiger partial charge < -0.3 is 9.64 Å². The molecule has 0 unspecified atom stereocenters. The maximum absolute atomic E-state index is 12.3. The van der Waals surface area contributed by atoms with Gasteiger partial charge in [-0.3, -0.25) is 9.59 Å². The number of carbonyl (C=O) groups excluding carboxylic acids is 2. The number of ketones is 1. The van der Waals surface area contributed by atoms with Crippen LogP contribution < -0.4 is 9.64 Å². The van der Waals surface area contributed by atoms with Crippen LogP contribution in [0.2, 0.25) is 0 Å². The Morgan fingerprint density at radius 3 is 2.47 bits per heavy atom. The molecule has 1 heterocycles. The number of hydrogen-bond acceptors (Lipinski definition) is 3. The van der Waals surface area contributed by atoms with Crippen LogP contribution in [0.25, 0.3) is 0 Å². The molecule has 1 amide bonds. The van der Waals surface area contributed by atoms with Gasteiger partial charge in [-0.2, -0.15) is 0 Å². The second-order valence-electron chi connectivity index (χ2n) is 3.86. The van der Waals surface area contributed by atoms with Crippen molar-refractivity contribution in [2.45, 2.75) is 12.8 Å². The molecule has 0 radical (unpaired) electrons. The first kappa shape index (κ1) is 13.9. The van der Waals surface area contributed by atoms with E-state index in [0.29, 0.717) is 4.47 Å². The van der Waals surface area contributed by atoms with Crippen LogP contribution in [0.5, 0.6) is 5.75 Å². The summed E-state index contributed by atoms with van der Waals surface area (Å²) in [5.41, 5.74) is -0.0810. The lowest BCUT2D eigenvalue weighted by atomic mass is 10.2. The maximum Gasteiger partial charge on any atom is 0.573 e. The zero-order valence-electron chi connectivity index (χ0n) is 9.33. The summed E-state index contributed by atoms with van der Waals surface area (Å²) in [6, 6.07) is 3.74. The molecule has 0 aromatic heterocycles. The highest BCUT2D eigenvalue weighted by Crippen LogP contribution is 2.36. The molecule has 4 nitrogen and oxygen atoms in total. The molecule has 0 aliphatic carbocycles. The largest absolute Gasteiger partial charge is 0.573 e. The van der Waals surface area contributed by atoms with Gasteiger partial charge in [-0.15, -0.1) is 13.2 Å². The van der Waals surface area contributed by atoms with Crippen molar-refractivity contribution in [1.82, 2.24) is 0 Å². The van der Waals surface area contributed by atoms with Crippen LogP contribution >= 0.6 is 15.9 Å². The van der Waals surface area contributed by atoms with Gasteiger partial charge in [0.2, 0.25) is 5.91 Å². The van der Waals surface area contributed by atoms with E-state index in [2.05, 4.69) is 20.7 Å². The van der Waals surface area contributed by atoms with E-state index in [9.17, 15) is 22.8 Å². The zero-order valence-corrected chi connectivity index (χ0v) is 10.9. The van der Waals surface area contributed by atoms with Crippen molar-refractivity contribution in [3.63, 3.8) is 0 Å². The quantitative estimate of drug-likeness (QED) is 0.779. The minimum absolute atomic E-state index is 0.0810. The van der Waals surface area contributed by atoms with Crippen LogP contribution in [-0.2, 0) is 9.59 Å². The van der Waals surface area contributed by atoms with Crippen molar-refractivity contribution in [3.05, 3.63) is 22.7 Å². The number of hydrogen-bond donors (Lipinski definition) is 0. The average Bonchev–Trinajstić information content (AvgIpc) is 2.58. The van der Waals surface area contributed by atoms with Gasteiger partial charge in [0, 0.05) is 4.47 Å². The predicted octanol–water partition coefficient (Wildman–Crippen LogP) is 2.65. The van der Waals surface area contributed by atoms with Gasteiger partial charge in [0.1, 0.15) is 0 Å². The van der Waals surface area contributed by atoms with Gasteiger partial charge >= 0.3 is 6.36 Å². The molecule has 1 aromatic rings. The first-order valence-corrected chi connectivity index (χ1v) is 5.93. The number of anilines is 1. The molecule has 1 saturated heterocycles. The third-order valence-corrected chi connectivity index (χ3v) is 2.91. The van der Waals surface area contributed by atoms with Gasteiger partial charge in [0.15, 0.2) is 11.5 Å². The number of halogens is 4. The van der Waals surface area contributed by atoms with Crippen molar-refractivity contribution in [3.8, 4) is 5.75 Å². The number of benzene rings is 1. The second kappa shape index (κ2) is 4.84. The van der Waals surface area contributed by atoms with Crippen molar-refractivity contribution in [2.24, 2.45) is 0 Å². The summed E-state index contributed by atoms with van der Waals surface area (Å²) >= 11 is 3.10. The molecule has 2 rings (SSSR count). The fourth-order valence-corrected chi connectivity index (χ4v) is 2.07. The zero-order chi connectivity index (χ0) is 14.2. The highest BCUT2D eigenvalue weighted by Gasteiger charge is 2.35. The van der Waals surface area contributed by atoms with E-state index < -0.39 is 18.0 Å². The van der Waals surface area contributed by atoms with Crippen LogP contribution in [0.15, 0.2) is 22.7 Å².